The maximum atomic E-state index is 12.4. The molecule has 0 saturated carbocycles. The van der Waals surface area contributed by atoms with E-state index < -0.39 is 14.6 Å². The summed E-state index contributed by atoms with van der Waals surface area (Å²) in [5, 5.41) is 0. The van der Waals surface area contributed by atoms with Gasteiger partial charge in [-0.05, 0) is 18.6 Å². The second-order valence-electron chi connectivity index (χ2n) is 5.72. The minimum atomic E-state index is -3.16. The molecule has 2 fully saturated rings. The third-order valence-corrected chi connectivity index (χ3v) is 7.20. The van der Waals surface area contributed by atoms with Crippen LogP contribution in [-0.2, 0) is 14.6 Å². The number of pyridine rings is 1. The summed E-state index contributed by atoms with van der Waals surface area (Å²) in [5.74, 6) is 0.0356. The van der Waals surface area contributed by atoms with Crippen LogP contribution in [-0.4, -0.2) is 61.5 Å². The number of hydrogen-bond donors (Lipinski definition) is 0. The highest BCUT2D eigenvalue weighted by Crippen LogP contribution is 2.45. The minimum absolute atomic E-state index is 0.0195. The van der Waals surface area contributed by atoms with Crippen LogP contribution in [0.4, 0.5) is 0 Å². The summed E-state index contributed by atoms with van der Waals surface area (Å²) >= 11 is 0. The van der Waals surface area contributed by atoms with E-state index in [4.69, 9.17) is 4.74 Å². The Morgan fingerprint density at radius 2 is 2.10 bits per heavy atom. The van der Waals surface area contributed by atoms with E-state index in [1.807, 2.05) is 0 Å². The fourth-order valence-electron chi connectivity index (χ4n) is 3.33. The van der Waals surface area contributed by atoms with Crippen molar-refractivity contribution in [3.05, 3.63) is 30.1 Å². The number of hydrogen-bond acceptors (Lipinski definition) is 5. The highest BCUT2D eigenvalue weighted by Gasteiger charge is 2.62. The van der Waals surface area contributed by atoms with Crippen LogP contribution < -0.4 is 0 Å². The zero-order chi connectivity index (χ0) is 15.1. The smallest absolute Gasteiger partial charge is 0.254 e. The first-order valence-electron chi connectivity index (χ1n) is 6.91. The van der Waals surface area contributed by atoms with Gasteiger partial charge in [0, 0.05) is 44.1 Å². The topological polar surface area (TPSA) is 76.6 Å². The number of rotatable bonds is 3. The molecule has 1 spiro atoms. The Bertz CT molecular complexity index is 638. The Morgan fingerprint density at radius 1 is 1.43 bits per heavy atom. The summed E-state index contributed by atoms with van der Waals surface area (Å²) in [6, 6.07) is 3.28. The number of likely N-dealkylation sites (tertiary alicyclic amines) is 1. The molecule has 21 heavy (non-hydrogen) atoms. The molecule has 7 heteroatoms. The molecule has 1 amide bonds. The zero-order valence-corrected chi connectivity index (χ0v) is 12.7. The lowest BCUT2D eigenvalue weighted by Gasteiger charge is -2.49. The SMILES string of the molecule is COC[C@@H]1CCS(=O)(=O)C12CN(C(=O)c1ccncc1)C2. The third kappa shape index (κ3) is 2.15. The van der Waals surface area contributed by atoms with E-state index in [1.54, 1.807) is 36.5 Å². The van der Waals surface area contributed by atoms with Crippen molar-refractivity contribution in [3.63, 3.8) is 0 Å². The van der Waals surface area contributed by atoms with Crippen molar-refractivity contribution in [3.8, 4) is 0 Å². The van der Waals surface area contributed by atoms with E-state index in [0.29, 0.717) is 18.6 Å². The molecule has 0 aliphatic carbocycles. The molecule has 2 aliphatic rings. The lowest BCUT2D eigenvalue weighted by atomic mass is 9.83. The molecule has 3 rings (SSSR count). The average Bonchev–Trinajstić information content (AvgIpc) is 2.69. The Balaban J connectivity index is 1.78. The van der Waals surface area contributed by atoms with E-state index in [1.165, 1.54) is 0 Å². The molecule has 3 heterocycles. The standard InChI is InChI=1S/C14H18N2O4S/c1-20-8-12-4-7-21(18,19)14(12)9-16(10-14)13(17)11-2-5-15-6-3-11/h2-3,5-6,12H,4,7-10H2,1H3/t12-/m0/s1. The average molecular weight is 310 g/mol. The number of ether oxygens (including phenoxy) is 1. The maximum Gasteiger partial charge on any atom is 0.254 e. The van der Waals surface area contributed by atoms with Crippen LogP contribution >= 0.6 is 0 Å². The lowest BCUT2D eigenvalue weighted by molar-refractivity contribution is 0.0337. The van der Waals surface area contributed by atoms with Crippen molar-refractivity contribution in [1.29, 1.82) is 0 Å². The fraction of sp³-hybridized carbons (Fsp3) is 0.571. The molecule has 1 aromatic heterocycles. The Kier molecular flexibility index (Phi) is 3.49. The second-order valence-corrected chi connectivity index (χ2v) is 8.17. The molecule has 0 unspecified atom stereocenters. The summed E-state index contributed by atoms with van der Waals surface area (Å²) in [6.07, 6.45) is 3.74. The van der Waals surface area contributed by atoms with Crippen LogP contribution in [0.3, 0.4) is 0 Å². The molecular weight excluding hydrogens is 292 g/mol. The molecule has 0 bridgehead atoms. The number of methoxy groups -OCH3 is 1. The Morgan fingerprint density at radius 3 is 2.71 bits per heavy atom. The summed E-state index contributed by atoms with van der Waals surface area (Å²) in [7, 11) is -1.58. The predicted molar refractivity (Wildman–Crippen MR) is 76.6 cm³/mol. The number of carbonyl (C=O) groups excluding carboxylic acids is 1. The van der Waals surface area contributed by atoms with Crippen molar-refractivity contribution < 1.29 is 17.9 Å². The van der Waals surface area contributed by atoms with E-state index in [0.717, 1.165) is 0 Å². The molecule has 114 valence electrons. The monoisotopic (exact) mass is 310 g/mol. The van der Waals surface area contributed by atoms with Crippen molar-refractivity contribution in [1.82, 2.24) is 9.88 Å². The van der Waals surface area contributed by atoms with Crippen LogP contribution in [0.2, 0.25) is 0 Å². The number of aromatic nitrogens is 1. The molecule has 6 nitrogen and oxygen atoms in total. The maximum absolute atomic E-state index is 12.4. The fourth-order valence-corrected chi connectivity index (χ4v) is 5.73. The first kappa shape index (κ1) is 14.5. The van der Waals surface area contributed by atoms with Gasteiger partial charge in [0.15, 0.2) is 9.84 Å². The van der Waals surface area contributed by atoms with Gasteiger partial charge in [-0.15, -0.1) is 0 Å². The normalized spacial score (nSPS) is 25.8. The molecule has 1 atom stereocenters. The summed E-state index contributed by atoms with van der Waals surface area (Å²) in [5.41, 5.74) is 0.540. The highest BCUT2D eigenvalue weighted by molar-refractivity contribution is 7.93. The van der Waals surface area contributed by atoms with Gasteiger partial charge in [0.25, 0.3) is 5.91 Å². The summed E-state index contributed by atoms with van der Waals surface area (Å²) in [6.45, 7) is 0.964. The van der Waals surface area contributed by atoms with Crippen molar-refractivity contribution >= 4 is 15.7 Å². The Labute approximate surface area is 124 Å². The molecule has 0 N–H and O–H groups in total. The number of nitrogens with zero attached hydrogens (tertiary/aromatic N) is 2. The predicted octanol–water partition coefficient (Wildman–Crippen LogP) is 0.357. The van der Waals surface area contributed by atoms with Gasteiger partial charge in [-0.3, -0.25) is 9.78 Å². The van der Waals surface area contributed by atoms with Crippen molar-refractivity contribution in [2.75, 3.05) is 32.6 Å². The highest BCUT2D eigenvalue weighted by atomic mass is 32.2. The largest absolute Gasteiger partial charge is 0.384 e. The number of sulfone groups is 1. The summed E-state index contributed by atoms with van der Waals surface area (Å²) < 4.78 is 29.1. The van der Waals surface area contributed by atoms with Gasteiger partial charge in [-0.25, -0.2) is 8.42 Å². The van der Waals surface area contributed by atoms with Crippen molar-refractivity contribution in [2.45, 2.75) is 11.2 Å². The molecule has 0 aromatic carbocycles. The van der Waals surface area contributed by atoms with Crippen LogP contribution in [0.1, 0.15) is 16.8 Å². The van der Waals surface area contributed by atoms with Crippen LogP contribution in [0.15, 0.2) is 24.5 Å². The first-order chi connectivity index (χ1) is 10.00. The van der Waals surface area contributed by atoms with Crippen molar-refractivity contribution in [2.24, 2.45) is 5.92 Å². The van der Waals surface area contributed by atoms with E-state index in [9.17, 15) is 13.2 Å². The van der Waals surface area contributed by atoms with Gasteiger partial charge < -0.3 is 9.64 Å². The van der Waals surface area contributed by atoms with E-state index in [2.05, 4.69) is 4.98 Å². The molecule has 0 radical (unpaired) electrons. The van der Waals surface area contributed by atoms with Gasteiger partial charge in [0.05, 0.1) is 12.4 Å². The lowest BCUT2D eigenvalue weighted by Crippen LogP contribution is -2.68. The van der Waals surface area contributed by atoms with Gasteiger partial charge >= 0.3 is 0 Å². The number of amides is 1. The minimum Gasteiger partial charge on any atom is -0.384 e. The second kappa shape index (κ2) is 5.06. The van der Waals surface area contributed by atoms with Crippen LogP contribution in [0.25, 0.3) is 0 Å². The molecule has 1 aromatic rings. The quantitative estimate of drug-likeness (QED) is 0.805. The van der Waals surface area contributed by atoms with E-state index in [-0.39, 0.29) is 30.7 Å². The zero-order valence-electron chi connectivity index (χ0n) is 11.9. The van der Waals surface area contributed by atoms with Crippen LogP contribution in [0, 0.1) is 5.92 Å². The van der Waals surface area contributed by atoms with E-state index >= 15 is 0 Å². The molecular formula is C14H18N2O4S. The van der Waals surface area contributed by atoms with Gasteiger partial charge in [-0.1, -0.05) is 0 Å². The van der Waals surface area contributed by atoms with Gasteiger partial charge in [0.2, 0.25) is 0 Å². The third-order valence-electron chi connectivity index (χ3n) is 4.60. The van der Waals surface area contributed by atoms with Gasteiger partial charge in [-0.2, -0.15) is 0 Å². The molecule has 2 aliphatic heterocycles. The Hall–Kier alpha value is -1.47. The van der Waals surface area contributed by atoms with Crippen LogP contribution in [0.5, 0.6) is 0 Å². The first-order valence-corrected chi connectivity index (χ1v) is 8.56. The molecule has 2 saturated heterocycles. The summed E-state index contributed by atoms with van der Waals surface area (Å²) in [4.78, 5) is 17.8. The number of carbonyl (C=O) groups is 1. The van der Waals surface area contributed by atoms with Gasteiger partial charge in [0.1, 0.15) is 4.75 Å².